The lowest BCUT2D eigenvalue weighted by Crippen LogP contribution is -2.59. The van der Waals surface area contributed by atoms with Gasteiger partial charge in [0.15, 0.2) is 0 Å². The van der Waals surface area contributed by atoms with Gasteiger partial charge in [0.05, 0.1) is 32.7 Å². The minimum Gasteiger partial charge on any atom is -0.480 e. The van der Waals surface area contributed by atoms with E-state index in [1.165, 1.54) is 0 Å². The van der Waals surface area contributed by atoms with E-state index in [-0.39, 0.29) is 44.8 Å². The Balaban J connectivity index is 1.70. The third kappa shape index (κ3) is 5.81. The van der Waals surface area contributed by atoms with E-state index in [0.717, 1.165) is 25.7 Å². The van der Waals surface area contributed by atoms with E-state index in [1.807, 2.05) is 0 Å². The van der Waals surface area contributed by atoms with Crippen LogP contribution in [0.1, 0.15) is 25.7 Å². The number of carboxylic acid groups (broad SMARTS) is 1. The van der Waals surface area contributed by atoms with Gasteiger partial charge in [-0.1, -0.05) is 12.8 Å². The van der Waals surface area contributed by atoms with Gasteiger partial charge >= 0.3 is 29.8 Å². The van der Waals surface area contributed by atoms with Crippen LogP contribution in [0.5, 0.6) is 0 Å². The number of morpholine rings is 2. The highest BCUT2D eigenvalue weighted by molar-refractivity contribution is 5.90. The van der Waals surface area contributed by atoms with Gasteiger partial charge in [0.2, 0.25) is 0 Å². The Morgan fingerprint density at radius 2 is 1.48 bits per heavy atom. The molecular formula is C18H25N3O8. The van der Waals surface area contributed by atoms with E-state index in [0.29, 0.717) is 13.1 Å². The van der Waals surface area contributed by atoms with E-state index in [2.05, 4.69) is 9.47 Å². The molecule has 3 fully saturated rings. The van der Waals surface area contributed by atoms with Crippen molar-refractivity contribution in [2.24, 2.45) is 0 Å². The van der Waals surface area contributed by atoms with Gasteiger partial charge in [-0.15, -0.1) is 0 Å². The van der Waals surface area contributed by atoms with Crippen molar-refractivity contribution in [1.29, 1.82) is 0 Å². The van der Waals surface area contributed by atoms with Crippen LogP contribution in [0.25, 0.3) is 0 Å². The van der Waals surface area contributed by atoms with Crippen LogP contribution in [-0.4, -0.2) is 108 Å². The standard InChI is InChI=1S/C18H25N3O8/c22-14(23)7-20(6-5-19-8-15(24)28-16(25)9-19)12-3-1-2-4-13(12)21-10-17(26)29-18(27)11-21/h12-13H,1-11H2,(H,22,23). The second-order valence-electron chi connectivity index (χ2n) is 7.59. The number of hydrogen-bond acceptors (Lipinski definition) is 10. The number of carboxylic acids is 1. The molecule has 11 heteroatoms. The van der Waals surface area contributed by atoms with Crippen LogP contribution in [0, 0.1) is 0 Å². The molecule has 29 heavy (non-hydrogen) atoms. The lowest BCUT2D eigenvalue weighted by atomic mass is 9.87. The van der Waals surface area contributed by atoms with Gasteiger partial charge in [-0.3, -0.25) is 38.7 Å². The molecule has 0 aromatic carbocycles. The van der Waals surface area contributed by atoms with E-state index in [9.17, 15) is 29.1 Å². The van der Waals surface area contributed by atoms with Gasteiger partial charge in [-0.25, -0.2) is 0 Å². The lowest BCUT2D eigenvalue weighted by Gasteiger charge is -2.45. The number of carbonyl (C=O) groups is 5. The van der Waals surface area contributed by atoms with Crippen molar-refractivity contribution >= 4 is 29.8 Å². The van der Waals surface area contributed by atoms with Crippen molar-refractivity contribution in [3.8, 4) is 0 Å². The Labute approximate surface area is 167 Å². The van der Waals surface area contributed by atoms with Gasteiger partial charge < -0.3 is 14.6 Å². The third-order valence-corrected chi connectivity index (χ3v) is 5.50. The molecular weight excluding hydrogens is 386 g/mol. The van der Waals surface area contributed by atoms with Gasteiger partial charge in [-0.05, 0) is 12.8 Å². The molecule has 2 saturated heterocycles. The molecule has 2 unspecified atom stereocenters. The van der Waals surface area contributed by atoms with Gasteiger partial charge in [0, 0.05) is 25.2 Å². The number of aliphatic carboxylic acids is 1. The van der Waals surface area contributed by atoms with Crippen LogP contribution in [0.15, 0.2) is 0 Å². The predicted molar refractivity (Wildman–Crippen MR) is 95.5 cm³/mol. The van der Waals surface area contributed by atoms with Crippen LogP contribution in [0.4, 0.5) is 0 Å². The molecule has 0 aromatic heterocycles. The first-order chi connectivity index (χ1) is 13.8. The highest BCUT2D eigenvalue weighted by Crippen LogP contribution is 2.28. The summed E-state index contributed by atoms with van der Waals surface area (Å²) in [4.78, 5) is 63.0. The average Bonchev–Trinajstić information content (AvgIpc) is 2.63. The minimum absolute atomic E-state index is 0.000283. The summed E-state index contributed by atoms with van der Waals surface area (Å²) in [5.41, 5.74) is 0. The molecule has 1 N–H and O–H groups in total. The summed E-state index contributed by atoms with van der Waals surface area (Å²) < 4.78 is 9.12. The second-order valence-corrected chi connectivity index (χ2v) is 7.59. The molecule has 0 aromatic rings. The summed E-state index contributed by atoms with van der Waals surface area (Å²) in [7, 11) is 0. The fourth-order valence-corrected chi connectivity index (χ4v) is 4.33. The molecule has 2 atom stereocenters. The predicted octanol–water partition coefficient (Wildman–Crippen LogP) is -1.54. The summed E-state index contributed by atoms with van der Waals surface area (Å²) in [5, 5.41) is 9.39. The lowest BCUT2D eigenvalue weighted by molar-refractivity contribution is -0.169. The molecule has 2 heterocycles. The molecule has 11 nitrogen and oxygen atoms in total. The minimum atomic E-state index is -0.988. The van der Waals surface area contributed by atoms with E-state index in [1.54, 1.807) is 14.7 Å². The van der Waals surface area contributed by atoms with Crippen molar-refractivity contribution in [3.63, 3.8) is 0 Å². The van der Waals surface area contributed by atoms with Gasteiger partial charge in [0.25, 0.3) is 0 Å². The molecule has 3 rings (SSSR count). The molecule has 2 aliphatic heterocycles. The molecule has 0 spiro atoms. The van der Waals surface area contributed by atoms with E-state index < -0.39 is 29.8 Å². The summed E-state index contributed by atoms with van der Waals surface area (Å²) >= 11 is 0. The largest absolute Gasteiger partial charge is 0.480 e. The monoisotopic (exact) mass is 411 g/mol. The highest BCUT2D eigenvalue weighted by atomic mass is 16.6. The number of nitrogens with zero attached hydrogens (tertiary/aromatic N) is 3. The molecule has 3 aliphatic rings. The highest BCUT2D eigenvalue weighted by Gasteiger charge is 2.39. The first kappa shape index (κ1) is 21.3. The van der Waals surface area contributed by atoms with Crippen molar-refractivity contribution < 1.29 is 38.6 Å². The quantitative estimate of drug-likeness (QED) is 0.386. The summed E-state index contributed by atoms with van der Waals surface area (Å²) in [5.74, 6) is -3.42. The van der Waals surface area contributed by atoms with Crippen molar-refractivity contribution in [3.05, 3.63) is 0 Å². The van der Waals surface area contributed by atoms with Crippen LogP contribution >= 0.6 is 0 Å². The normalized spacial score (nSPS) is 27.1. The van der Waals surface area contributed by atoms with Crippen molar-refractivity contribution in [2.75, 3.05) is 45.8 Å². The number of hydrogen-bond donors (Lipinski definition) is 1. The Bertz CT molecular complexity index is 665. The Morgan fingerprint density at radius 1 is 0.931 bits per heavy atom. The number of ether oxygens (including phenoxy) is 2. The average molecular weight is 411 g/mol. The van der Waals surface area contributed by atoms with Crippen LogP contribution in [0.3, 0.4) is 0 Å². The fraction of sp³-hybridized carbons (Fsp3) is 0.722. The molecule has 0 bridgehead atoms. The van der Waals surface area contributed by atoms with E-state index >= 15 is 0 Å². The molecule has 0 amide bonds. The topological polar surface area (TPSA) is 134 Å². The maximum Gasteiger partial charge on any atom is 0.327 e. The zero-order valence-corrected chi connectivity index (χ0v) is 16.1. The number of carbonyl (C=O) groups excluding carboxylic acids is 4. The first-order valence-electron chi connectivity index (χ1n) is 9.71. The Hall–Kier alpha value is -2.37. The van der Waals surface area contributed by atoms with Crippen LogP contribution < -0.4 is 0 Å². The first-order valence-corrected chi connectivity index (χ1v) is 9.71. The summed E-state index contributed by atoms with van der Waals surface area (Å²) in [6, 6.07) is -0.307. The van der Waals surface area contributed by atoms with E-state index in [4.69, 9.17) is 0 Å². The number of rotatable bonds is 7. The zero-order valence-electron chi connectivity index (χ0n) is 16.1. The smallest absolute Gasteiger partial charge is 0.327 e. The third-order valence-electron chi connectivity index (χ3n) is 5.50. The van der Waals surface area contributed by atoms with Crippen LogP contribution in [0.2, 0.25) is 0 Å². The van der Waals surface area contributed by atoms with Crippen molar-refractivity contribution in [2.45, 2.75) is 37.8 Å². The maximum atomic E-state index is 11.7. The van der Waals surface area contributed by atoms with Crippen LogP contribution in [-0.2, 0) is 33.4 Å². The van der Waals surface area contributed by atoms with Gasteiger partial charge in [-0.2, -0.15) is 0 Å². The Morgan fingerprint density at radius 3 is 2.07 bits per heavy atom. The number of cyclic esters (lactones) is 4. The SMILES string of the molecule is O=C(O)CN(CCN1CC(=O)OC(=O)C1)C1CCCCC1N1CC(=O)OC(=O)C1. The molecule has 0 radical (unpaired) electrons. The fourth-order valence-electron chi connectivity index (χ4n) is 4.33. The zero-order chi connectivity index (χ0) is 21.0. The number of esters is 4. The van der Waals surface area contributed by atoms with Crippen molar-refractivity contribution in [1.82, 2.24) is 14.7 Å². The summed E-state index contributed by atoms with van der Waals surface area (Å²) in [6.45, 7) is 0.416. The molecule has 1 saturated carbocycles. The summed E-state index contributed by atoms with van der Waals surface area (Å²) in [6.07, 6.45) is 3.32. The second kappa shape index (κ2) is 9.42. The maximum absolute atomic E-state index is 11.7. The molecule has 1 aliphatic carbocycles. The van der Waals surface area contributed by atoms with Gasteiger partial charge in [0.1, 0.15) is 0 Å². The Kier molecular flexibility index (Phi) is 6.93. The molecule has 160 valence electrons.